The van der Waals surface area contributed by atoms with Crippen molar-refractivity contribution in [1.82, 2.24) is 10.2 Å². The van der Waals surface area contributed by atoms with E-state index in [4.69, 9.17) is 0 Å². The average Bonchev–Trinajstić information content (AvgIpc) is 3.12. The summed E-state index contributed by atoms with van der Waals surface area (Å²) in [6, 6.07) is 3.98. The van der Waals surface area contributed by atoms with E-state index in [1.165, 1.54) is 0 Å². The van der Waals surface area contributed by atoms with Gasteiger partial charge in [0.2, 0.25) is 11.8 Å². The summed E-state index contributed by atoms with van der Waals surface area (Å²) in [6.07, 6.45) is 2.05. The highest BCUT2D eigenvalue weighted by molar-refractivity contribution is 7.09. The van der Waals surface area contributed by atoms with Crippen molar-refractivity contribution in [3.8, 4) is 0 Å². The molecule has 0 radical (unpaired) electrons. The highest BCUT2D eigenvalue weighted by Gasteiger charge is 2.57. The van der Waals surface area contributed by atoms with Gasteiger partial charge in [0.15, 0.2) is 0 Å². The van der Waals surface area contributed by atoms with E-state index >= 15 is 0 Å². The van der Waals surface area contributed by atoms with Crippen LogP contribution in [0.5, 0.6) is 0 Å². The number of piperazine rings is 1. The van der Waals surface area contributed by atoms with E-state index in [2.05, 4.69) is 5.32 Å². The van der Waals surface area contributed by atoms with Crippen molar-refractivity contribution < 1.29 is 9.59 Å². The molecule has 0 aromatic carbocycles. The third-order valence-corrected chi connectivity index (χ3v) is 5.44. The summed E-state index contributed by atoms with van der Waals surface area (Å²) in [5.74, 6) is 0.293. The molecule has 0 bridgehead atoms. The molecule has 5 heteroatoms. The van der Waals surface area contributed by atoms with E-state index in [0.29, 0.717) is 12.5 Å². The summed E-state index contributed by atoms with van der Waals surface area (Å²) >= 11 is 1.62. The Morgan fingerprint density at radius 3 is 2.60 bits per heavy atom. The SMILES string of the molecule is CC1(C2CC2)NC(=O)C(C)(C)N(Cc2cccs2)C1=O. The highest BCUT2D eigenvalue weighted by atomic mass is 32.1. The summed E-state index contributed by atoms with van der Waals surface area (Å²) in [5.41, 5.74) is -1.51. The first-order valence-corrected chi connectivity index (χ1v) is 7.91. The molecular weight excluding hydrogens is 272 g/mol. The molecular formula is C15H20N2O2S. The fraction of sp³-hybridized carbons (Fsp3) is 0.600. The summed E-state index contributed by atoms with van der Waals surface area (Å²) in [6.45, 7) is 6.03. The predicted octanol–water partition coefficient (Wildman–Crippen LogP) is 2.15. The zero-order valence-corrected chi connectivity index (χ0v) is 12.9. The zero-order valence-electron chi connectivity index (χ0n) is 12.1. The molecule has 2 amide bonds. The largest absolute Gasteiger partial charge is 0.340 e. The maximum atomic E-state index is 12.9. The number of thiophene rings is 1. The van der Waals surface area contributed by atoms with Gasteiger partial charge in [0.1, 0.15) is 11.1 Å². The van der Waals surface area contributed by atoms with Crippen LogP contribution in [0.4, 0.5) is 0 Å². The average molecular weight is 292 g/mol. The topological polar surface area (TPSA) is 49.4 Å². The molecule has 0 spiro atoms. The molecule has 2 fully saturated rings. The zero-order chi connectivity index (χ0) is 14.5. The maximum Gasteiger partial charge on any atom is 0.249 e. The molecule has 2 aliphatic rings. The van der Waals surface area contributed by atoms with Gasteiger partial charge in [-0.25, -0.2) is 0 Å². The van der Waals surface area contributed by atoms with Crippen LogP contribution in [0.25, 0.3) is 0 Å². The van der Waals surface area contributed by atoms with Crippen LogP contribution in [0, 0.1) is 5.92 Å². The molecule has 1 N–H and O–H groups in total. The second kappa shape index (κ2) is 4.32. The van der Waals surface area contributed by atoms with E-state index in [-0.39, 0.29) is 11.8 Å². The van der Waals surface area contributed by atoms with Crippen molar-refractivity contribution in [2.45, 2.75) is 51.2 Å². The summed E-state index contributed by atoms with van der Waals surface area (Å²) in [7, 11) is 0. The first-order chi connectivity index (χ1) is 9.35. The number of hydrogen-bond donors (Lipinski definition) is 1. The van der Waals surface area contributed by atoms with Gasteiger partial charge in [0.25, 0.3) is 0 Å². The van der Waals surface area contributed by atoms with E-state index in [0.717, 1.165) is 17.7 Å². The summed E-state index contributed by atoms with van der Waals surface area (Å²) in [4.78, 5) is 28.2. The van der Waals surface area contributed by atoms with Gasteiger partial charge in [0.05, 0.1) is 6.54 Å². The van der Waals surface area contributed by atoms with Crippen LogP contribution in [-0.2, 0) is 16.1 Å². The molecule has 108 valence electrons. The lowest BCUT2D eigenvalue weighted by Crippen LogP contribution is -2.73. The second-order valence-electron chi connectivity index (χ2n) is 6.46. The monoisotopic (exact) mass is 292 g/mol. The lowest BCUT2D eigenvalue weighted by atomic mass is 9.85. The number of carbonyl (C=O) groups is 2. The van der Waals surface area contributed by atoms with Crippen LogP contribution in [0.3, 0.4) is 0 Å². The number of nitrogens with one attached hydrogen (secondary N) is 1. The molecule has 3 rings (SSSR count). The second-order valence-corrected chi connectivity index (χ2v) is 7.49. The minimum atomic E-state index is -0.796. The van der Waals surface area contributed by atoms with Crippen LogP contribution in [0.1, 0.15) is 38.5 Å². The van der Waals surface area contributed by atoms with E-state index < -0.39 is 11.1 Å². The van der Waals surface area contributed by atoms with Gasteiger partial charge in [-0.3, -0.25) is 9.59 Å². The Kier molecular flexibility index (Phi) is 2.94. The van der Waals surface area contributed by atoms with Crippen LogP contribution in [0.15, 0.2) is 17.5 Å². The van der Waals surface area contributed by atoms with Crippen LogP contribution >= 0.6 is 11.3 Å². The Hall–Kier alpha value is -1.36. The van der Waals surface area contributed by atoms with Gasteiger partial charge in [0, 0.05) is 4.88 Å². The van der Waals surface area contributed by atoms with Crippen molar-refractivity contribution in [3.63, 3.8) is 0 Å². The summed E-state index contributed by atoms with van der Waals surface area (Å²) in [5, 5.41) is 4.97. The normalized spacial score (nSPS) is 29.4. The Morgan fingerprint density at radius 2 is 2.05 bits per heavy atom. The fourth-order valence-electron chi connectivity index (χ4n) is 2.86. The highest BCUT2D eigenvalue weighted by Crippen LogP contribution is 2.43. The van der Waals surface area contributed by atoms with Crippen LogP contribution in [-0.4, -0.2) is 27.8 Å². The fourth-order valence-corrected chi connectivity index (χ4v) is 3.56. The molecule has 1 aromatic rings. The predicted molar refractivity (Wildman–Crippen MR) is 78.2 cm³/mol. The van der Waals surface area contributed by atoms with Gasteiger partial charge >= 0.3 is 0 Å². The van der Waals surface area contributed by atoms with Crippen molar-refractivity contribution in [1.29, 1.82) is 0 Å². The molecule has 1 saturated carbocycles. The van der Waals surface area contributed by atoms with Crippen LogP contribution < -0.4 is 5.32 Å². The molecule has 2 heterocycles. The van der Waals surface area contributed by atoms with Crippen molar-refractivity contribution >= 4 is 23.2 Å². The molecule has 1 aliphatic carbocycles. The van der Waals surface area contributed by atoms with E-state index in [9.17, 15) is 9.59 Å². The standard InChI is InChI=1S/C15H20N2O2S/c1-14(2)12(18)16-15(3,10-6-7-10)13(19)17(14)9-11-5-4-8-20-11/h4-5,8,10H,6-7,9H2,1-3H3,(H,16,18). The van der Waals surface area contributed by atoms with Gasteiger partial charge in [-0.15, -0.1) is 11.3 Å². The quantitative estimate of drug-likeness (QED) is 0.928. The first-order valence-electron chi connectivity index (χ1n) is 7.03. The lowest BCUT2D eigenvalue weighted by molar-refractivity contribution is -0.162. The minimum absolute atomic E-state index is 0.0527. The van der Waals surface area contributed by atoms with E-state index in [1.54, 1.807) is 16.2 Å². The van der Waals surface area contributed by atoms with Crippen molar-refractivity contribution in [2.75, 3.05) is 0 Å². The number of carbonyl (C=O) groups excluding carboxylic acids is 2. The number of hydrogen-bond acceptors (Lipinski definition) is 3. The van der Waals surface area contributed by atoms with Gasteiger partial charge < -0.3 is 10.2 Å². The third-order valence-electron chi connectivity index (χ3n) is 4.58. The third kappa shape index (κ3) is 1.95. The Balaban J connectivity index is 1.94. The number of rotatable bonds is 3. The Morgan fingerprint density at radius 1 is 1.35 bits per heavy atom. The molecule has 1 aliphatic heterocycles. The molecule has 4 nitrogen and oxygen atoms in total. The number of nitrogens with zero attached hydrogens (tertiary/aromatic N) is 1. The number of amides is 2. The minimum Gasteiger partial charge on any atom is -0.340 e. The summed E-state index contributed by atoms with van der Waals surface area (Å²) < 4.78 is 0. The molecule has 1 aromatic heterocycles. The Labute approximate surface area is 123 Å². The molecule has 1 atom stereocenters. The Bertz CT molecular complexity index is 548. The molecule has 1 unspecified atom stereocenters. The lowest BCUT2D eigenvalue weighted by Gasteiger charge is -2.48. The molecule has 1 saturated heterocycles. The smallest absolute Gasteiger partial charge is 0.249 e. The molecule has 20 heavy (non-hydrogen) atoms. The van der Waals surface area contributed by atoms with E-state index in [1.807, 2.05) is 38.3 Å². The van der Waals surface area contributed by atoms with Crippen molar-refractivity contribution in [2.24, 2.45) is 5.92 Å². The van der Waals surface area contributed by atoms with Gasteiger partial charge in [-0.05, 0) is 51.0 Å². The van der Waals surface area contributed by atoms with Gasteiger partial charge in [-0.2, -0.15) is 0 Å². The first kappa shape index (κ1) is 13.6. The van der Waals surface area contributed by atoms with Crippen molar-refractivity contribution in [3.05, 3.63) is 22.4 Å². The van der Waals surface area contributed by atoms with Crippen LogP contribution in [0.2, 0.25) is 0 Å². The van der Waals surface area contributed by atoms with Gasteiger partial charge in [-0.1, -0.05) is 6.07 Å². The maximum absolute atomic E-state index is 12.9.